The molecule has 1 saturated carbocycles. The third-order valence-corrected chi connectivity index (χ3v) is 5.83. The number of likely N-dealkylation sites (tertiary alicyclic amines) is 1. The number of aliphatic imine (C=N–C) groups is 1. The van der Waals surface area contributed by atoms with Crippen molar-refractivity contribution in [3.05, 3.63) is 35.9 Å². The minimum Gasteiger partial charge on any atom is -0.389 e. The second-order valence-corrected chi connectivity index (χ2v) is 8.41. The van der Waals surface area contributed by atoms with Crippen LogP contribution in [-0.2, 0) is 11.3 Å². The van der Waals surface area contributed by atoms with Crippen molar-refractivity contribution in [2.75, 3.05) is 39.3 Å². The van der Waals surface area contributed by atoms with Crippen molar-refractivity contribution in [1.29, 1.82) is 0 Å². The summed E-state index contributed by atoms with van der Waals surface area (Å²) in [5.41, 5.74) is 1.11. The molecular weight excluding hydrogens is 491 g/mol. The Hall–Kier alpha value is -0.900. The van der Waals surface area contributed by atoms with Crippen molar-refractivity contribution in [3.8, 4) is 0 Å². The van der Waals surface area contributed by atoms with E-state index in [0.29, 0.717) is 19.2 Å². The van der Waals surface area contributed by atoms with Gasteiger partial charge in [-0.25, -0.2) is 0 Å². The fraction of sp³-hybridized carbons (Fsp3) is 0.696. The Labute approximate surface area is 198 Å². The van der Waals surface area contributed by atoms with Crippen LogP contribution in [0.1, 0.15) is 44.6 Å². The summed E-state index contributed by atoms with van der Waals surface area (Å²) >= 11 is 0. The average molecular weight is 530 g/mol. The molecule has 0 radical (unpaired) electrons. The average Bonchev–Trinajstić information content (AvgIpc) is 3.40. The smallest absolute Gasteiger partial charge is 0.191 e. The summed E-state index contributed by atoms with van der Waals surface area (Å²) in [5.74, 6) is 1.70. The standard InChI is InChI=1S/C23H38N4O2.HI/c1-2-24-23(25-14-22(28)18-29-17-20-10-4-3-5-11-20)26-21-12-13-27(16-21)15-19-8-6-7-9-19;/h3-5,10-11,19,21-22,28H,2,6-9,12-18H2,1H3,(H2,24,25,26);1H. The van der Waals surface area contributed by atoms with Gasteiger partial charge in [-0.05, 0) is 37.7 Å². The SMILES string of the molecule is CCNC(=NCC(O)COCc1ccccc1)NC1CCN(CC2CCCC2)C1.I. The zero-order chi connectivity index (χ0) is 20.3. The van der Waals surface area contributed by atoms with Crippen molar-refractivity contribution >= 4 is 29.9 Å². The first-order valence-electron chi connectivity index (χ1n) is 11.3. The molecule has 1 saturated heterocycles. The van der Waals surface area contributed by atoms with Crippen LogP contribution in [0.2, 0.25) is 0 Å². The Kier molecular flexibility index (Phi) is 12.0. The highest BCUT2D eigenvalue weighted by atomic mass is 127. The highest BCUT2D eigenvalue weighted by Crippen LogP contribution is 2.26. The van der Waals surface area contributed by atoms with E-state index in [1.807, 2.05) is 30.3 Å². The molecule has 0 bridgehead atoms. The molecule has 2 atom stereocenters. The lowest BCUT2D eigenvalue weighted by atomic mass is 10.1. The Morgan fingerprint density at radius 1 is 1.23 bits per heavy atom. The maximum absolute atomic E-state index is 10.2. The fourth-order valence-electron chi connectivity index (χ4n) is 4.32. The van der Waals surface area contributed by atoms with Crippen LogP contribution < -0.4 is 10.6 Å². The van der Waals surface area contributed by atoms with Gasteiger partial charge in [0, 0.05) is 32.2 Å². The van der Waals surface area contributed by atoms with Crippen molar-refractivity contribution < 1.29 is 9.84 Å². The van der Waals surface area contributed by atoms with Gasteiger partial charge >= 0.3 is 0 Å². The van der Waals surface area contributed by atoms with Crippen LogP contribution in [0.5, 0.6) is 0 Å². The van der Waals surface area contributed by atoms with Gasteiger partial charge in [0.1, 0.15) is 0 Å². The van der Waals surface area contributed by atoms with Gasteiger partial charge in [-0.15, -0.1) is 24.0 Å². The van der Waals surface area contributed by atoms with E-state index in [4.69, 9.17) is 4.74 Å². The molecule has 0 amide bonds. The van der Waals surface area contributed by atoms with E-state index in [-0.39, 0.29) is 30.6 Å². The number of benzene rings is 1. The zero-order valence-corrected chi connectivity index (χ0v) is 20.6. The van der Waals surface area contributed by atoms with Crippen molar-refractivity contribution in [2.24, 2.45) is 10.9 Å². The van der Waals surface area contributed by atoms with Gasteiger partial charge in [0.05, 0.1) is 25.9 Å². The van der Waals surface area contributed by atoms with Gasteiger partial charge in [-0.1, -0.05) is 43.2 Å². The fourth-order valence-corrected chi connectivity index (χ4v) is 4.32. The number of nitrogens with one attached hydrogen (secondary N) is 2. The van der Waals surface area contributed by atoms with E-state index in [1.54, 1.807) is 0 Å². The Bertz CT molecular complexity index is 610. The first-order chi connectivity index (χ1) is 14.2. The minimum absolute atomic E-state index is 0. The minimum atomic E-state index is -0.600. The molecule has 1 aromatic rings. The molecule has 0 aromatic heterocycles. The molecule has 1 aliphatic carbocycles. The first-order valence-corrected chi connectivity index (χ1v) is 11.3. The third kappa shape index (κ3) is 9.08. The predicted octanol–water partition coefficient (Wildman–Crippen LogP) is 3.00. The number of rotatable bonds is 10. The number of halogens is 1. The number of aliphatic hydroxyl groups excluding tert-OH is 1. The molecule has 0 spiro atoms. The number of ether oxygens (including phenoxy) is 1. The van der Waals surface area contributed by atoms with E-state index in [9.17, 15) is 5.11 Å². The summed E-state index contributed by atoms with van der Waals surface area (Å²) < 4.78 is 5.62. The normalized spacial score (nSPS) is 21.4. The number of nitrogens with zero attached hydrogens (tertiary/aromatic N) is 2. The quantitative estimate of drug-likeness (QED) is 0.247. The van der Waals surface area contributed by atoms with Gasteiger partial charge in [-0.2, -0.15) is 0 Å². The highest BCUT2D eigenvalue weighted by molar-refractivity contribution is 14.0. The second kappa shape index (κ2) is 14.2. The van der Waals surface area contributed by atoms with Gasteiger partial charge in [0.15, 0.2) is 5.96 Å². The molecule has 2 unspecified atom stereocenters. The van der Waals surface area contributed by atoms with Crippen LogP contribution >= 0.6 is 24.0 Å². The molecule has 3 rings (SSSR count). The number of hydrogen-bond donors (Lipinski definition) is 3. The molecule has 1 aliphatic heterocycles. The topological polar surface area (TPSA) is 69.1 Å². The molecule has 170 valence electrons. The van der Waals surface area contributed by atoms with E-state index in [0.717, 1.165) is 37.0 Å². The lowest BCUT2D eigenvalue weighted by molar-refractivity contribution is 0.0331. The molecular formula is C23H39IN4O2. The van der Waals surface area contributed by atoms with E-state index in [2.05, 4.69) is 27.4 Å². The Balaban J connectivity index is 0.00000320. The van der Waals surface area contributed by atoms with E-state index >= 15 is 0 Å². The third-order valence-electron chi connectivity index (χ3n) is 5.83. The van der Waals surface area contributed by atoms with Crippen LogP contribution in [0, 0.1) is 5.92 Å². The lowest BCUT2D eigenvalue weighted by Gasteiger charge is -2.21. The predicted molar refractivity (Wildman–Crippen MR) is 133 cm³/mol. The first kappa shape index (κ1) is 25.4. The van der Waals surface area contributed by atoms with E-state index < -0.39 is 6.10 Å². The van der Waals surface area contributed by atoms with Crippen LogP contribution in [0.4, 0.5) is 0 Å². The molecule has 1 aromatic carbocycles. The van der Waals surface area contributed by atoms with Gasteiger partial charge in [-0.3, -0.25) is 4.99 Å². The molecule has 7 heteroatoms. The van der Waals surface area contributed by atoms with Gasteiger partial charge < -0.3 is 25.4 Å². The lowest BCUT2D eigenvalue weighted by Crippen LogP contribution is -2.45. The molecule has 1 heterocycles. The molecule has 3 N–H and O–H groups in total. The summed E-state index contributed by atoms with van der Waals surface area (Å²) in [6, 6.07) is 10.4. The monoisotopic (exact) mass is 530 g/mol. The Morgan fingerprint density at radius 2 is 2.00 bits per heavy atom. The summed E-state index contributed by atoms with van der Waals surface area (Å²) in [7, 11) is 0. The molecule has 2 fully saturated rings. The van der Waals surface area contributed by atoms with Crippen LogP contribution in [0.3, 0.4) is 0 Å². The maximum Gasteiger partial charge on any atom is 0.191 e. The van der Waals surface area contributed by atoms with Crippen LogP contribution in [0.15, 0.2) is 35.3 Å². The summed E-state index contributed by atoms with van der Waals surface area (Å²) in [6.07, 6.45) is 6.19. The zero-order valence-electron chi connectivity index (χ0n) is 18.3. The number of guanidine groups is 1. The van der Waals surface area contributed by atoms with Crippen molar-refractivity contribution in [3.63, 3.8) is 0 Å². The number of hydrogen-bond acceptors (Lipinski definition) is 4. The number of aliphatic hydroxyl groups is 1. The highest BCUT2D eigenvalue weighted by Gasteiger charge is 2.26. The van der Waals surface area contributed by atoms with Crippen LogP contribution in [-0.4, -0.2) is 67.4 Å². The van der Waals surface area contributed by atoms with Gasteiger partial charge in [0.2, 0.25) is 0 Å². The van der Waals surface area contributed by atoms with Crippen molar-refractivity contribution in [1.82, 2.24) is 15.5 Å². The van der Waals surface area contributed by atoms with E-state index in [1.165, 1.54) is 38.8 Å². The summed E-state index contributed by atoms with van der Waals surface area (Å²) in [6.45, 7) is 7.52. The summed E-state index contributed by atoms with van der Waals surface area (Å²) in [4.78, 5) is 7.18. The van der Waals surface area contributed by atoms with Crippen LogP contribution in [0.25, 0.3) is 0 Å². The second-order valence-electron chi connectivity index (χ2n) is 8.41. The molecule has 6 nitrogen and oxygen atoms in total. The molecule has 30 heavy (non-hydrogen) atoms. The largest absolute Gasteiger partial charge is 0.389 e. The van der Waals surface area contributed by atoms with Crippen molar-refractivity contribution in [2.45, 2.75) is 57.8 Å². The molecule has 2 aliphatic rings. The Morgan fingerprint density at radius 3 is 2.73 bits per heavy atom. The summed E-state index contributed by atoms with van der Waals surface area (Å²) in [5, 5.41) is 17.1. The maximum atomic E-state index is 10.2. The van der Waals surface area contributed by atoms with Gasteiger partial charge in [0.25, 0.3) is 0 Å².